The zero-order valence-corrected chi connectivity index (χ0v) is 12.1. The lowest BCUT2D eigenvalue weighted by Crippen LogP contribution is -2.32. The molecule has 2 rings (SSSR count). The minimum atomic E-state index is -0.259. The van der Waals surface area contributed by atoms with Gasteiger partial charge in [0.15, 0.2) is 5.82 Å². The molecule has 0 unspecified atom stereocenters. The van der Waals surface area contributed by atoms with Crippen molar-refractivity contribution in [2.75, 3.05) is 0 Å². The molecule has 19 heavy (non-hydrogen) atoms. The number of aryl methyl sites for hydroxylation is 1. The summed E-state index contributed by atoms with van der Waals surface area (Å²) in [6, 6.07) is 5.36. The molecule has 3 nitrogen and oxygen atoms in total. The van der Waals surface area contributed by atoms with Gasteiger partial charge in [-0.2, -0.15) is 0 Å². The molecule has 0 spiro atoms. The number of halogens is 1. The van der Waals surface area contributed by atoms with Crippen LogP contribution in [0.5, 0.6) is 0 Å². The van der Waals surface area contributed by atoms with E-state index in [4.69, 9.17) is 5.73 Å². The smallest absolute Gasteiger partial charge is 0.151 e. The van der Waals surface area contributed by atoms with Crippen LogP contribution in [0.2, 0.25) is 0 Å². The molecule has 104 valence electrons. The Bertz CT molecular complexity index is 579. The Morgan fingerprint density at radius 3 is 2.63 bits per heavy atom. The van der Waals surface area contributed by atoms with Crippen molar-refractivity contribution in [3.05, 3.63) is 29.8 Å². The summed E-state index contributed by atoms with van der Waals surface area (Å²) in [5.74, 6) is 0.652. The van der Waals surface area contributed by atoms with Gasteiger partial charge in [0.25, 0.3) is 0 Å². The van der Waals surface area contributed by atoms with Crippen molar-refractivity contribution >= 4 is 11.0 Å². The maximum absolute atomic E-state index is 13.8. The van der Waals surface area contributed by atoms with Gasteiger partial charge in [-0.25, -0.2) is 9.37 Å². The Morgan fingerprint density at radius 1 is 1.37 bits per heavy atom. The Balaban J connectivity index is 2.48. The maximum Gasteiger partial charge on any atom is 0.151 e. The van der Waals surface area contributed by atoms with Gasteiger partial charge >= 0.3 is 0 Å². The molecule has 2 N–H and O–H groups in total. The summed E-state index contributed by atoms with van der Waals surface area (Å²) in [7, 11) is 0. The maximum atomic E-state index is 13.8. The lowest BCUT2D eigenvalue weighted by atomic mass is 10.00. The van der Waals surface area contributed by atoms with Gasteiger partial charge in [0.1, 0.15) is 11.3 Å². The zero-order valence-electron chi connectivity index (χ0n) is 12.1. The standard InChI is InChI=1S/C15H22FN3/c1-10(2)19-12-7-5-6-11(16)14(12)18-13(19)8-9-15(3,4)17/h5-7,10H,8-9,17H2,1-4H3. The number of nitrogens with two attached hydrogens (primary N) is 1. The van der Waals surface area contributed by atoms with Crippen molar-refractivity contribution in [2.45, 2.75) is 52.1 Å². The molecule has 4 heteroatoms. The molecule has 0 bridgehead atoms. The van der Waals surface area contributed by atoms with Crippen molar-refractivity contribution in [1.29, 1.82) is 0 Å². The molecule has 2 aromatic rings. The van der Waals surface area contributed by atoms with E-state index in [-0.39, 0.29) is 17.4 Å². The highest BCUT2D eigenvalue weighted by Crippen LogP contribution is 2.24. The van der Waals surface area contributed by atoms with Crippen LogP contribution in [0.4, 0.5) is 4.39 Å². The van der Waals surface area contributed by atoms with E-state index in [1.807, 2.05) is 19.9 Å². The molecule has 0 aliphatic rings. The molecule has 0 aliphatic carbocycles. The molecule has 0 radical (unpaired) electrons. The van der Waals surface area contributed by atoms with Crippen LogP contribution in [0.15, 0.2) is 18.2 Å². The van der Waals surface area contributed by atoms with Crippen LogP contribution in [-0.2, 0) is 6.42 Å². The minimum Gasteiger partial charge on any atom is -0.326 e. The summed E-state index contributed by atoms with van der Waals surface area (Å²) in [6.45, 7) is 8.16. The Hall–Kier alpha value is -1.42. The second kappa shape index (κ2) is 4.93. The molecule has 0 amide bonds. The number of imidazole rings is 1. The monoisotopic (exact) mass is 263 g/mol. The number of benzene rings is 1. The van der Waals surface area contributed by atoms with Gasteiger partial charge in [-0.15, -0.1) is 0 Å². The largest absolute Gasteiger partial charge is 0.326 e. The van der Waals surface area contributed by atoms with Crippen molar-refractivity contribution in [1.82, 2.24) is 9.55 Å². The summed E-state index contributed by atoms with van der Waals surface area (Å²) in [5.41, 5.74) is 7.11. The number of hydrogen-bond donors (Lipinski definition) is 1. The number of nitrogens with zero attached hydrogens (tertiary/aromatic N) is 2. The molecule has 1 heterocycles. The second-order valence-electron chi connectivity index (χ2n) is 6.09. The SMILES string of the molecule is CC(C)n1c(CCC(C)(C)N)nc2c(F)cccc21. The predicted octanol–water partition coefficient (Wildman–Crippen LogP) is 3.43. The fourth-order valence-corrected chi connectivity index (χ4v) is 2.32. The number of rotatable bonds is 4. The van der Waals surface area contributed by atoms with Crippen molar-refractivity contribution in [3.8, 4) is 0 Å². The second-order valence-corrected chi connectivity index (χ2v) is 6.09. The third-order valence-corrected chi connectivity index (χ3v) is 3.25. The number of fused-ring (bicyclic) bond motifs is 1. The highest BCUT2D eigenvalue weighted by atomic mass is 19.1. The highest BCUT2D eigenvalue weighted by molar-refractivity contribution is 5.76. The summed E-state index contributed by atoms with van der Waals surface area (Å²) in [5, 5.41) is 0. The molecule has 0 atom stereocenters. The van der Waals surface area contributed by atoms with Crippen LogP contribution in [0.3, 0.4) is 0 Å². The Labute approximate surface area is 113 Å². The molecule has 1 aromatic carbocycles. The molecule has 0 aliphatic heterocycles. The van der Waals surface area contributed by atoms with Gasteiger partial charge in [0.05, 0.1) is 5.52 Å². The number of hydrogen-bond acceptors (Lipinski definition) is 2. The van der Waals surface area contributed by atoms with Crippen molar-refractivity contribution in [3.63, 3.8) is 0 Å². The van der Waals surface area contributed by atoms with E-state index in [1.54, 1.807) is 6.07 Å². The van der Waals surface area contributed by atoms with Crippen molar-refractivity contribution < 1.29 is 4.39 Å². The minimum absolute atomic E-state index is 0.238. The molecule has 1 aromatic heterocycles. The molecule has 0 saturated heterocycles. The molecular weight excluding hydrogens is 241 g/mol. The van der Waals surface area contributed by atoms with E-state index < -0.39 is 0 Å². The predicted molar refractivity (Wildman–Crippen MR) is 76.7 cm³/mol. The fraction of sp³-hybridized carbons (Fsp3) is 0.533. The molecule has 0 fully saturated rings. The number of aromatic nitrogens is 2. The highest BCUT2D eigenvalue weighted by Gasteiger charge is 2.18. The Morgan fingerprint density at radius 2 is 2.05 bits per heavy atom. The molecule has 0 saturated carbocycles. The van der Waals surface area contributed by atoms with E-state index in [1.165, 1.54) is 6.07 Å². The van der Waals surface area contributed by atoms with E-state index in [9.17, 15) is 4.39 Å². The third kappa shape index (κ3) is 2.95. The lowest BCUT2D eigenvalue weighted by molar-refractivity contribution is 0.459. The average molecular weight is 263 g/mol. The quantitative estimate of drug-likeness (QED) is 0.918. The first-order chi connectivity index (χ1) is 8.79. The third-order valence-electron chi connectivity index (χ3n) is 3.25. The van der Waals surface area contributed by atoms with Gasteiger partial charge in [0.2, 0.25) is 0 Å². The van der Waals surface area contributed by atoms with E-state index >= 15 is 0 Å². The Kier molecular flexibility index (Phi) is 3.63. The van der Waals surface area contributed by atoms with Crippen LogP contribution in [0.25, 0.3) is 11.0 Å². The van der Waals surface area contributed by atoms with E-state index in [0.29, 0.717) is 5.52 Å². The average Bonchev–Trinajstić information content (AvgIpc) is 2.65. The topological polar surface area (TPSA) is 43.8 Å². The van der Waals surface area contributed by atoms with Crippen LogP contribution in [0.1, 0.15) is 46.0 Å². The first-order valence-corrected chi connectivity index (χ1v) is 6.74. The van der Waals surface area contributed by atoms with Crippen LogP contribution in [0, 0.1) is 5.82 Å². The van der Waals surface area contributed by atoms with Gasteiger partial charge in [-0.3, -0.25) is 0 Å². The number of para-hydroxylation sites is 1. The van der Waals surface area contributed by atoms with Gasteiger partial charge in [-0.05, 0) is 46.2 Å². The summed E-state index contributed by atoms with van der Waals surface area (Å²) < 4.78 is 15.9. The van der Waals surface area contributed by atoms with E-state index in [2.05, 4.69) is 23.4 Å². The summed E-state index contributed by atoms with van der Waals surface area (Å²) in [6.07, 6.45) is 1.58. The summed E-state index contributed by atoms with van der Waals surface area (Å²) in [4.78, 5) is 4.47. The first-order valence-electron chi connectivity index (χ1n) is 6.74. The lowest BCUT2D eigenvalue weighted by Gasteiger charge is -2.19. The van der Waals surface area contributed by atoms with Crippen molar-refractivity contribution in [2.24, 2.45) is 5.73 Å². The zero-order chi connectivity index (χ0) is 14.2. The van der Waals surface area contributed by atoms with E-state index in [0.717, 1.165) is 24.2 Å². The summed E-state index contributed by atoms with van der Waals surface area (Å²) >= 11 is 0. The molecular formula is C15H22FN3. The van der Waals surface area contributed by atoms with Crippen LogP contribution < -0.4 is 5.73 Å². The van der Waals surface area contributed by atoms with Crippen LogP contribution in [-0.4, -0.2) is 15.1 Å². The normalized spacial score (nSPS) is 12.6. The van der Waals surface area contributed by atoms with Crippen LogP contribution >= 0.6 is 0 Å². The van der Waals surface area contributed by atoms with Gasteiger partial charge < -0.3 is 10.3 Å². The van der Waals surface area contributed by atoms with Gasteiger partial charge in [0, 0.05) is 18.0 Å². The van der Waals surface area contributed by atoms with Gasteiger partial charge in [-0.1, -0.05) is 6.07 Å². The first kappa shape index (κ1) is 14.0. The fourth-order valence-electron chi connectivity index (χ4n) is 2.32.